The van der Waals surface area contributed by atoms with Gasteiger partial charge < -0.3 is 5.73 Å². The minimum Gasteiger partial charge on any atom is -0.328 e. The summed E-state index contributed by atoms with van der Waals surface area (Å²) in [7, 11) is 0. The predicted octanol–water partition coefficient (Wildman–Crippen LogP) is 3.11. The summed E-state index contributed by atoms with van der Waals surface area (Å²) in [5.74, 6) is 0. The maximum Gasteiger partial charge on any atom is 0.00419 e. The fraction of sp³-hybridized carbons (Fsp3) is 0.818. The summed E-state index contributed by atoms with van der Waals surface area (Å²) < 4.78 is 0. The van der Waals surface area contributed by atoms with Crippen molar-refractivity contribution >= 4 is 0 Å². The maximum absolute atomic E-state index is 5.92. The van der Waals surface area contributed by atoms with Gasteiger partial charge in [0.15, 0.2) is 0 Å². The summed E-state index contributed by atoms with van der Waals surface area (Å²) >= 11 is 0. The van der Waals surface area contributed by atoms with E-state index in [2.05, 4.69) is 27.4 Å². The van der Waals surface area contributed by atoms with Crippen molar-refractivity contribution in [2.24, 2.45) is 11.1 Å². The molecule has 1 atom stereocenters. The third-order valence-electron chi connectivity index (χ3n) is 2.01. The largest absolute Gasteiger partial charge is 0.328 e. The first-order valence-electron chi connectivity index (χ1n) is 4.82. The van der Waals surface area contributed by atoms with E-state index in [1.54, 1.807) is 0 Å². The van der Waals surface area contributed by atoms with Crippen molar-refractivity contribution in [2.75, 3.05) is 0 Å². The Bertz CT molecular complexity index is 121. The van der Waals surface area contributed by atoms with Gasteiger partial charge in [-0.25, -0.2) is 0 Å². The molecule has 1 heteroatoms. The molecule has 0 aromatic carbocycles. The topological polar surface area (TPSA) is 26.0 Å². The van der Waals surface area contributed by atoms with Crippen molar-refractivity contribution in [3.05, 3.63) is 12.7 Å². The molecule has 0 spiro atoms. The van der Waals surface area contributed by atoms with Gasteiger partial charge in [-0.05, 0) is 31.1 Å². The summed E-state index contributed by atoms with van der Waals surface area (Å²) in [6, 6.07) is 0.363. The lowest BCUT2D eigenvalue weighted by molar-refractivity contribution is 0.344. The maximum atomic E-state index is 5.92. The molecule has 0 aromatic rings. The highest BCUT2D eigenvalue weighted by Gasteiger charge is 2.11. The van der Waals surface area contributed by atoms with E-state index in [9.17, 15) is 0 Å². The molecule has 0 aliphatic heterocycles. The van der Waals surface area contributed by atoms with Gasteiger partial charge in [0.2, 0.25) is 0 Å². The molecule has 0 amide bonds. The van der Waals surface area contributed by atoms with Gasteiger partial charge in [0, 0.05) is 6.04 Å². The molecule has 0 aliphatic carbocycles. The highest BCUT2D eigenvalue weighted by atomic mass is 14.6. The lowest BCUT2D eigenvalue weighted by Gasteiger charge is -2.20. The molecule has 0 fully saturated rings. The fourth-order valence-electron chi connectivity index (χ4n) is 1.09. The Labute approximate surface area is 77.0 Å². The van der Waals surface area contributed by atoms with E-state index in [0.717, 1.165) is 19.3 Å². The second-order valence-corrected chi connectivity index (χ2v) is 4.73. The molecule has 0 radical (unpaired) electrons. The lowest BCUT2D eigenvalue weighted by atomic mass is 9.88. The zero-order valence-electron chi connectivity index (χ0n) is 8.77. The number of hydrogen-bond acceptors (Lipinski definition) is 1. The highest BCUT2D eigenvalue weighted by Crippen LogP contribution is 2.21. The van der Waals surface area contributed by atoms with E-state index in [4.69, 9.17) is 5.73 Å². The first-order valence-corrected chi connectivity index (χ1v) is 4.82. The van der Waals surface area contributed by atoms with Crippen LogP contribution in [0.15, 0.2) is 12.7 Å². The van der Waals surface area contributed by atoms with Crippen molar-refractivity contribution in [1.82, 2.24) is 0 Å². The normalized spacial score (nSPS) is 14.3. The molecule has 0 aliphatic rings. The van der Waals surface area contributed by atoms with Gasteiger partial charge in [0.25, 0.3) is 0 Å². The summed E-state index contributed by atoms with van der Waals surface area (Å²) in [5, 5.41) is 0. The molecule has 1 unspecified atom stereocenters. The van der Waals surface area contributed by atoms with E-state index in [0.29, 0.717) is 11.5 Å². The van der Waals surface area contributed by atoms with Crippen LogP contribution in [0.5, 0.6) is 0 Å². The van der Waals surface area contributed by atoms with Crippen LogP contribution >= 0.6 is 0 Å². The zero-order chi connectivity index (χ0) is 9.61. The van der Waals surface area contributed by atoms with Crippen LogP contribution in [0.2, 0.25) is 0 Å². The molecule has 0 saturated carbocycles. The first-order chi connectivity index (χ1) is 5.45. The van der Waals surface area contributed by atoms with Crippen LogP contribution < -0.4 is 5.73 Å². The molecule has 0 saturated heterocycles. The summed E-state index contributed by atoms with van der Waals surface area (Å²) in [4.78, 5) is 0. The SMILES string of the molecule is C=CCCC(N)CCC(C)(C)C. The molecule has 0 rings (SSSR count). The van der Waals surface area contributed by atoms with Crippen LogP contribution in [0, 0.1) is 5.41 Å². The standard InChI is InChI=1S/C11H23N/c1-5-6-7-10(12)8-9-11(2,3)4/h5,10H,1,6-9,12H2,2-4H3. The third kappa shape index (κ3) is 7.80. The van der Waals surface area contributed by atoms with Crippen molar-refractivity contribution in [2.45, 2.75) is 52.5 Å². The minimum absolute atomic E-state index is 0.363. The smallest absolute Gasteiger partial charge is 0.00419 e. The molecule has 2 N–H and O–H groups in total. The summed E-state index contributed by atoms with van der Waals surface area (Å²) in [6.45, 7) is 10.5. The Morgan fingerprint density at radius 1 is 1.33 bits per heavy atom. The molecule has 0 bridgehead atoms. The van der Waals surface area contributed by atoms with E-state index >= 15 is 0 Å². The van der Waals surface area contributed by atoms with Gasteiger partial charge >= 0.3 is 0 Å². The quantitative estimate of drug-likeness (QED) is 0.629. The Morgan fingerprint density at radius 2 is 1.92 bits per heavy atom. The molecule has 12 heavy (non-hydrogen) atoms. The van der Waals surface area contributed by atoms with Crippen LogP contribution in [-0.4, -0.2) is 6.04 Å². The van der Waals surface area contributed by atoms with Crippen molar-refractivity contribution in [3.8, 4) is 0 Å². The second kappa shape index (κ2) is 5.36. The fourth-order valence-corrected chi connectivity index (χ4v) is 1.09. The van der Waals surface area contributed by atoms with Crippen LogP contribution in [0.3, 0.4) is 0 Å². The highest BCUT2D eigenvalue weighted by molar-refractivity contribution is 4.73. The van der Waals surface area contributed by atoms with Gasteiger partial charge in [-0.3, -0.25) is 0 Å². The van der Waals surface area contributed by atoms with Gasteiger partial charge in [-0.2, -0.15) is 0 Å². The number of rotatable bonds is 5. The van der Waals surface area contributed by atoms with Gasteiger partial charge in [-0.1, -0.05) is 26.8 Å². The Balaban J connectivity index is 3.43. The van der Waals surface area contributed by atoms with Gasteiger partial charge in [-0.15, -0.1) is 6.58 Å². The molecular formula is C11H23N. The van der Waals surface area contributed by atoms with Gasteiger partial charge in [0.05, 0.1) is 0 Å². The number of allylic oxidation sites excluding steroid dienone is 1. The zero-order valence-corrected chi connectivity index (χ0v) is 8.77. The number of hydrogen-bond donors (Lipinski definition) is 1. The molecular weight excluding hydrogens is 146 g/mol. The molecule has 0 heterocycles. The van der Waals surface area contributed by atoms with Crippen LogP contribution in [0.1, 0.15) is 46.5 Å². The van der Waals surface area contributed by atoms with E-state index in [1.807, 2.05) is 6.08 Å². The van der Waals surface area contributed by atoms with Gasteiger partial charge in [0.1, 0.15) is 0 Å². The lowest BCUT2D eigenvalue weighted by Crippen LogP contribution is -2.21. The Morgan fingerprint density at radius 3 is 2.33 bits per heavy atom. The predicted molar refractivity (Wildman–Crippen MR) is 56.1 cm³/mol. The summed E-state index contributed by atoms with van der Waals surface area (Å²) in [5.41, 5.74) is 6.34. The van der Waals surface area contributed by atoms with Crippen LogP contribution in [-0.2, 0) is 0 Å². The van der Waals surface area contributed by atoms with Crippen LogP contribution in [0.25, 0.3) is 0 Å². The molecule has 0 aromatic heterocycles. The van der Waals surface area contributed by atoms with E-state index < -0.39 is 0 Å². The monoisotopic (exact) mass is 169 g/mol. The second-order valence-electron chi connectivity index (χ2n) is 4.73. The molecule has 72 valence electrons. The number of nitrogens with two attached hydrogens (primary N) is 1. The minimum atomic E-state index is 0.363. The summed E-state index contributed by atoms with van der Waals surface area (Å²) in [6.07, 6.45) is 6.42. The van der Waals surface area contributed by atoms with Crippen LogP contribution in [0.4, 0.5) is 0 Å². The third-order valence-corrected chi connectivity index (χ3v) is 2.01. The first kappa shape index (κ1) is 11.7. The van der Waals surface area contributed by atoms with Crippen molar-refractivity contribution in [1.29, 1.82) is 0 Å². The van der Waals surface area contributed by atoms with Crippen molar-refractivity contribution < 1.29 is 0 Å². The van der Waals surface area contributed by atoms with Crippen molar-refractivity contribution in [3.63, 3.8) is 0 Å². The average Bonchev–Trinajstić information content (AvgIpc) is 1.95. The Kier molecular flexibility index (Phi) is 5.23. The average molecular weight is 169 g/mol. The van der Waals surface area contributed by atoms with E-state index in [1.165, 1.54) is 6.42 Å². The van der Waals surface area contributed by atoms with E-state index in [-0.39, 0.29) is 0 Å². The Hall–Kier alpha value is -0.300. The molecule has 1 nitrogen and oxygen atoms in total.